The molecule has 1 heterocycles. The molecule has 34 heavy (non-hydrogen) atoms. The molecule has 0 aromatic heterocycles. The SMILES string of the molecule is COc1ccc(C(=O)NC(=S)Nc2ccc(N3C(=O)c4ccccc4C3=O)c(OC)c2)cc1Br. The van der Waals surface area contributed by atoms with E-state index in [0.29, 0.717) is 38.3 Å². The Morgan fingerprint density at radius 2 is 1.56 bits per heavy atom. The number of halogens is 1. The Kier molecular flexibility index (Phi) is 6.62. The van der Waals surface area contributed by atoms with Crippen LogP contribution in [0.15, 0.2) is 65.1 Å². The van der Waals surface area contributed by atoms with E-state index in [1.807, 2.05) is 0 Å². The molecule has 3 aromatic carbocycles. The van der Waals surface area contributed by atoms with Crippen LogP contribution < -0.4 is 25.0 Å². The van der Waals surface area contributed by atoms with E-state index in [4.69, 9.17) is 21.7 Å². The van der Waals surface area contributed by atoms with Gasteiger partial charge in [0.2, 0.25) is 0 Å². The predicted octanol–water partition coefficient (Wildman–Crippen LogP) is 4.39. The van der Waals surface area contributed by atoms with Crippen LogP contribution in [-0.4, -0.2) is 37.1 Å². The molecular formula is C24H18BrN3O5S. The van der Waals surface area contributed by atoms with E-state index in [1.165, 1.54) is 14.2 Å². The van der Waals surface area contributed by atoms with Crippen LogP contribution >= 0.6 is 28.1 Å². The molecule has 0 saturated carbocycles. The summed E-state index contributed by atoms with van der Waals surface area (Å²) >= 11 is 8.60. The summed E-state index contributed by atoms with van der Waals surface area (Å²) in [7, 11) is 2.97. The van der Waals surface area contributed by atoms with Gasteiger partial charge < -0.3 is 14.8 Å². The molecule has 0 saturated heterocycles. The number of carbonyl (C=O) groups is 3. The number of nitrogens with zero attached hydrogens (tertiary/aromatic N) is 1. The molecule has 3 amide bonds. The minimum atomic E-state index is -0.423. The van der Waals surface area contributed by atoms with E-state index in [-0.39, 0.29) is 10.9 Å². The zero-order valence-electron chi connectivity index (χ0n) is 18.0. The maximum absolute atomic E-state index is 12.8. The van der Waals surface area contributed by atoms with E-state index in [0.717, 1.165) is 4.90 Å². The lowest BCUT2D eigenvalue weighted by molar-refractivity contribution is 0.0922. The van der Waals surface area contributed by atoms with E-state index in [1.54, 1.807) is 60.7 Å². The molecule has 2 N–H and O–H groups in total. The Morgan fingerprint density at radius 1 is 0.912 bits per heavy atom. The van der Waals surface area contributed by atoms with Gasteiger partial charge in [-0.25, -0.2) is 4.90 Å². The normalized spacial score (nSPS) is 12.3. The number of hydrogen-bond acceptors (Lipinski definition) is 6. The van der Waals surface area contributed by atoms with E-state index in [2.05, 4.69) is 26.6 Å². The first kappa shape index (κ1) is 23.4. The van der Waals surface area contributed by atoms with Crippen LogP contribution in [0.25, 0.3) is 0 Å². The van der Waals surface area contributed by atoms with Gasteiger partial charge in [0.1, 0.15) is 11.5 Å². The number of methoxy groups -OCH3 is 2. The molecule has 172 valence electrons. The number of thiocarbonyl (C=S) groups is 1. The summed E-state index contributed by atoms with van der Waals surface area (Å²) in [5.41, 5.74) is 1.86. The molecule has 10 heteroatoms. The van der Waals surface area contributed by atoms with Crippen molar-refractivity contribution in [1.29, 1.82) is 0 Å². The number of benzene rings is 3. The molecule has 0 bridgehead atoms. The number of ether oxygens (including phenoxy) is 2. The first-order chi connectivity index (χ1) is 16.3. The smallest absolute Gasteiger partial charge is 0.266 e. The Morgan fingerprint density at radius 3 is 2.15 bits per heavy atom. The van der Waals surface area contributed by atoms with Crippen molar-refractivity contribution in [3.05, 3.63) is 81.8 Å². The van der Waals surface area contributed by atoms with Gasteiger partial charge in [0.05, 0.1) is 35.5 Å². The van der Waals surface area contributed by atoms with Crippen molar-refractivity contribution in [2.45, 2.75) is 0 Å². The van der Waals surface area contributed by atoms with Crippen LogP contribution in [0.4, 0.5) is 11.4 Å². The lowest BCUT2D eigenvalue weighted by atomic mass is 10.1. The third-order valence-electron chi connectivity index (χ3n) is 5.11. The topological polar surface area (TPSA) is 97.0 Å². The largest absolute Gasteiger partial charge is 0.496 e. The molecule has 3 aromatic rings. The Hall–Kier alpha value is -3.76. The van der Waals surface area contributed by atoms with Gasteiger partial charge in [0.25, 0.3) is 17.7 Å². The van der Waals surface area contributed by atoms with Crippen molar-refractivity contribution in [1.82, 2.24) is 5.32 Å². The summed E-state index contributed by atoms with van der Waals surface area (Å²) in [6.45, 7) is 0. The molecule has 0 unspecified atom stereocenters. The van der Waals surface area contributed by atoms with E-state index in [9.17, 15) is 14.4 Å². The summed E-state index contributed by atoms with van der Waals surface area (Å²) < 4.78 is 11.2. The Bertz CT molecular complexity index is 1310. The van der Waals surface area contributed by atoms with Gasteiger partial charge in [-0.05, 0) is 70.6 Å². The number of fused-ring (bicyclic) bond motifs is 1. The maximum atomic E-state index is 12.8. The summed E-state index contributed by atoms with van der Waals surface area (Å²) in [6.07, 6.45) is 0. The molecule has 4 rings (SSSR count). The van der Waals surface area contributed by atoms with Crippen molar-refractivity contribution in [2.24, 2.45) is 0 Å². The zero-order chi connectivity index (χ0) is 24.4. The number of amides is 3. The molecule has 1 aliphatic rings. The number of carbonyl (C=O) groups excluding carboxylic acids is 3. The third kappa shape index (κ3) is 4.37. The average Bonchev–Trinajstić information content (AvgIpc) is 3.09. The number of hydrogen-bond donors (Lipinski definition) is 2. The first-order valence-corrected chi connectivity index (χ1v) is 11.2. The second kappa shape index (κ2) is 9.62. The number of nitrogens with one attached hydrogen (secondary N) is 2. The number of imide groups is 1. The fraction of sp³-hybridized carbons (Fsp3) is 0.0833. The highest BCUT2D eigenvalue weighted by Gasteiger charge is 2.37. The Labute approximate surface area is 209 Å². The van der Waals surface area contributed by atoms with Gasteiger partial charge in [-0.2, -0.15) is 0 Å². The highest BCUT2D eigenvalue weighted by atomic mass is 79.9. The lowest BCUT2D eigenvalue weighted by Gasteiger charge is -2.19. The average molecular weight is 540 g/mol. The quantitative estimate of drug-likeness (QED) is 0.366. The molecule has 0 atom stereocenters. The van der Waals surface area contributed by atoms with Gasteiger partial charge in [0.15, 0.2) is 5.11 Å². The van der Waals surface area contributed by atoms with Crippen molar-refractivity contribution >= 4 is 62.4 Å². The fourth-order valence-electron chi connectivity index (χ4n) is 3.49. The van der Waals surface area contributed by atoms with Crippen molar-refractivity contribution in [3.63, 3.8) is 0 Å². The molecule has 0 spiro atoms. The predicted molar refractivity (Wildman–Crippen MR) is 135 cm³/mol. The maximum Gasteiger partial charge on any atom is 0.266 e. The highest BCUT2D eigenvalue weighted by Crippen LogP contribution is 2.36. The van der Waals surface area contributed by atoms with Crippen LogP contribution in [0.1, 0.15) is 31.1 Å². The third-order valence-corrected chi connectivity index (χ3v) is 5.94. The molecule has 8 nitrogen and oxygen atoms in total. The summed E-state index contributed by atoms with van der Waals surface area (Å²) in [5.74, 6) is -0.369. The standard InChI is InChI=1S/C24H18BrN3O5S/c1-32-19-10-7-13(11-17(19)25)21(29)27-24(34)26-14-8-9-18(20(12-14)33-2)28-22(30)15-5-3-4-6-16(15)23(28)31/h3-12H,1-2H3,(H2,26,27,29,34). The molecule has 1 aliphatic heterocycles. The minimum absolute atomic E-state index is 0.0625. The van der Waals surface area contributed by atoms with E-state index < -0.39 is 17.7 Å². The number of rotatable bonds is 5. The monoisotopic (exact) mass is 539 g/mol. The molecular weight excluding hydrogens is 522 g/mol. The van der Waals surface area contributed by atoms with E-state index >= 15 is 0 Å². The second-order valence-electron chi connectivity index (χ2n) is 7.14. The van der Waals surface area contributed by atoms with Crippen molar-refractivity contribution in [2.75, 3.05) is 24.4 Å². The fourth-order valence-corrected chi connectivity index (χ4v) is 4.24. The minimum Gasteiger partial charge on any atom is -0.496 e. The Balaban J connectivity index is 1.49. The molecule has 0 radical (unpaired) electrons. The van der Waals surface area contributed by atoms with Gasteiger partial charge in [-0.3, -0.25) is 19.7 Å². The van der Waals surface area contributed by atoms with Gasteiger partial charge in [0, 0.05) is 17.3 Å². The molecule has 0 fully saturated rings. The van der Waals surface area contributed by atoms with Crippen LogP contribution in [-0.2, 0) is 0 Å². The van der Waals surface area contributed by atoms with Gasteiger partial charge in [-0.15, -0.1) is 0 Å². The second-order valence-corrected chi connectivity index (χ2v) is 8.40. The zero-order valence-corrected chi connectivity index (χ0v) is 20.5. The highest BCUT2D eigenvalue weighted by molar-refractivity contribution is 9.10. The summed E-state index contributed by atoms with van der Waals surface area (Å²) in [6, 6.07) is 16.3. The van der Waals surface area contributed by atoms with Crippen molar-refractivity contribution in [3.8, 4) is 11.5 Å². The van der Waals surface area contributed by atoms with Gasteiger partial charge >= 0.3 is 0 Å². The van der Waals surface area contributed by atoms with Crippen LogP contribution in [0, 0.1) is 0 Å². The molecule has 0 aliphatic carbocycles. The van der Waals surface area contributed by atoms with Crippen LogP contribution in [0.3, 0.4) is 0 Å². The van der Waals surface area contributed by atoms with Crippen LogP contribution in [0.2, 0.25) is 0 Å². The summed E-state index contributed by atoms with van der Waals surface area (Å²) in [4.78, 5) is 39.2. The first-order valence-electron chi connectivity index (χ1n) is 9.95. The van der Waals surface area contributed by atoms with Crippen LogP contribution in [0.5, 0.6) is 11.5 Å². The lowest BCUT2D eigenvalue weighted by Crippen LogP contribution is -2.34. The van der Waals surface area contributed by atoms with Gasteiger partial charge in [-0.1, -0.05) is 12.1 Å². The summed E-state index contributed by atoms with van der Waals surface area (Å²) in [5, 5.41) is 5.57. The van der Waals surface area contributed by atoms with Crippen molar-refractivity contribution < 1.29 is 23.9 Å². The number of anilines is 2.